The molecule has 4 rings (SSSR count). The van der Waals surface area contributed by atoms with Crippen molar-refractivity contribution in [2.24, 2.45) is 0 Å². The van der Waals surface area contributed by atoms with Crippen molar-refractivity contribution < 1.29 is 19.2 Å². The summed E-state index contributed by atoms with van der Waals surface area (Å²) < 4.78 is 15.2. The quantitative estimate of drug-likeness (QED) is 0.466. The number of aromatic nitrogens is 4. The van der Waals surface area contributed by atoms with Crippen molar-refractivity contribution in [1.29, 1.82) is 0 Å². The maximum Gasteiger partial charge on any atom is 0.407 e. The molecule has 0 radical (unpaired) electrons. The molecule has 0 atom stereocenters. The van der Waals surface area contributed by atoms with Gasteiger partial charge in [0.2, 0.25) is 5.82 Å². The lowest BCUT2D eigenvalue weighted by molar-refractivity contribution is -0.384. The summed E-state index contributed by atoms with van der Waals surface area (Å²) in [4.78, 5) is 36.0. The van der Waals surface area contributed by atoms with Crippen LogP contribution < -0.4 is 5.32 Å². The molecule has 0 aromatic carbocycles. The molecule has 162 valence electrons. The number of rotatable bonds is 5. The van der Waals surface area contributed by atoms with Crippen LogP contribution in [0.3, 0.4) is 0 Å². The van der Waals surface area contributed by atoms with Gasteiger partial charge >= 0.3 is 11.8 Å². The van der Waals surface area contributed by atoms with Crippen LogP contribution in [-0.4, -0.2) is 59.5 Å². The molecule has 31 heavy (non-hydrogen) atoms. The number of pyridine rings is 1. The maximum absolute atomic E-state index is 13.7. The summed E-state index contributed by atoms with van der Waals surface area (Å²) in [7, 11) is 1.54. The Morgan fingerprint density at radius 2 is 2.03 bits per heavy atom. The Hall–Kier alpha value is -3.83. The van der Waals surface area contributed by atoms with Gasteiger partial charge in [0.05, 0.1) is 11.1 Å². The zero-order valence-electron chi connectivity index (χ0n) is 16.6. The number of fused-ring (bicyclic) bond motifs is 1. The summed E-state index contributed by atoms with van der Waals surface area (Å²) in [5.74, 6) is -0.225. The lowest BCUT2D eigenvalue weighted by Gasteiger charge is -2.33. The molecule has 0 saturated heterocycles. The third-order valence-electron chi connectivity index (χ3n) is 5.55. The molecule has 0 unspecified atom stereocenters. The molecule has 0 spiro atoms. The summed E-state index contributed by atoms with van der Waals surface area (Å²) in [6, 6.07) is 2.61. The highest BCUT2D eigenvalue weighted by Crippen LogP contribution is 2.30. The Labute approximate surface area is 175 Å². The minimum atomic E-state index is -0.975. The van der Waals surface area contributed by atoms with E-state index in [1.807, 2.05) is 0 Å². The average Bonchev–Trinajstić information content (AvgIpc) is 3.16. The van der Waals surface area contributed by atoms with Crippen LogP contribution in [0.4, 0.5) is 20.7 Å². The molecule has 11 nitrogen and oxygen atoms in total. The molecule has 3 heterocycles. The molecule has 0 bridgehead atoms. The van der Waals surface area contributed by atoms with Crippen LogP contribution in [0.25, 0.3) is 17.2 Å². The molecule has 12 heteroatoms. The van der Waals surface area contributed by atoms with Gasteiger partial charge in [-0.25, -0.2) is 24.1 Å². The Kier molecular flexibility index (Phi) is 5.36. The molecular weight excluding hydrogens is 409 g/mol. The Bertz CT molecular complexity index is 1140. The summed E-state index contributed by atoms with van der Waals surface area (Å²) >= 11 is 0. The van der Waals surface area contributed by atoms with Gasteiger partial charge in [0.1, 0.15) is 23.4 Å². The second-order valence-corrected chi connectivity index (χ2v) is 7.45. The highest BCUT2D eigenvalue weighted by molar-refractivity contribution is 5.65. The first-order chi connectivity index (χ1) is 14.8. The van der Waals surface area contributed by atoms with E-state index < -0.39 is 16.8 Å². The van der Waals surface area contributed by atoms with Gasteiger partial charge in [-0.15, -0.1) is 0 Å². The number of carbonyl (C=O) groups is 1. The molecule has 0 aliphatic heterocycles. The Morgan fingerprint density at radius 1 is 1.29 bits per heavy atom. The number of nitrogens with zero attached hydrogens (tertiary/aromatic N) is 6. The van der Waals surface area contributed by atoms with Crippen LogP contribution in [0, 0.1) is 15.9 Å². The molecule has 1 aliphatic carbocycles. The van der Waals surface area contributed by atoms with E-state index in [2.05, 4.69) is 20.3 Å². The number of imidazole rings is 1. The van der Waals surface area contributed by atoms with Crippen LogP contribution in [0.15, 0.2) is 30.7 Å². The van der Waals surface area contributed by atoms with Crippen molar-refractivity contribution in [3.05, 3.63) is 46.7 Å². The van der Waals surface area contributed by atoms with E-state index >= 15 is 0 Å². The van der Waals surface area contributed by atoms with Crippen molar-refractivity contribution in [2.45, 2.75) is 37.8 Å². The first kappa shape index (κ1) is 20.4. The highest BCUT2D eigenvalue weighted by atomic mass is 19.1. The lowest BCUT2D eigenvalue weighted by atomic mass is 9.90. The van der Waals surface area contributed by atoms with Crippen LogP contribution in [0.1, 0.15) is 25.7 Å². The predicted octanol–water partition coefficient (Wildman–Crippen LogP) is 3.17. The minimum Gasteiger partial charge on any atom is -0.465 e. The number of nitrogens with one attached hydrogen (secondary N) is 1. The second-order valence-electron chi connectivity index (χ2n) is 7.45. The highest BCUT2D eigenvalue weighted by Gasteiger charge is 2.28. The SMILES string of the molecule is CN(C(=O)O)[C@H]1CC[C@H](Nc2nc(-c3cnc4ccc(F)cn34)ncc2[N+](=O)[O-])CC1. The summed E-state index contributed by atoms with van der Waals surface area (Å²) in [6.45, 7) is 0. The summed E-state index contributed by atoms with van der Waals surface area (Å²) in [5.41, 5.74) is 0.626. The Morgan fingerprint density at radius 3 is 2.71 bits per heavy atom. The monoisotopic (exact) mass is 429 g/mol. The van der Waals surface area contributed by atoms with Gasteiger partial charge in [0, 0.05) is 25.3 Å². The summed E-state index contributed by atoms with van der Waals surface area (Å²) in [6.07, 6.45) is 5.42. The number of halogens is 1. The van der Waals surface area contributed by atoms with E-state index in [0.29, 0.717) is 37.0 Å². The van der Waals surface area contributed by atoms with Gasteiger partial charge in [-0.3, -0.25) is 14.5 Å². The topological polar surface area (TPSA) is 139 Å². The molecule has 3 aromatic heterocycles. The molecule has 2 N–H and O–H groups in total. The number of hydrogen-bond acceptors (Lipinski definition) is 7. The molecule has 1 aliphatic rings. The first-order valence-corrected chi connectivity index (χ1v) is 9.70. The van der Waals surface area contributed by atoms with E-state index in [9.17, 15) is 19.3 Å². The predicted molar refractivity (Wildman–Crippen MR) is 108 cm³/mol. The third-order valence-corrected chi connectivity index (χ3v) is 5.55. The molecular formula is C19H20FN7O4. The smallest absolute Gasteiger partial charge is 0.407 e. The van der Waals surface area contributed by atoms with Crippen LogP contribution in [0.5, 0.6) is 0 Å². The average molecular weight is 429 g/mol. The largest absolute Gasteiger partial charge is 0.465 e. The second kappa shape index (κ2) is 8.13. The zero-order chi connectivity index (χ0) is 22.1. The van der Waals surface area contributed by atoms with Crippen molar-refractivity contribution in [3.63, 3.8) is 0 Å². The normalized spacial score (nSPS) is 18.6. The van der Waals surface area contributed by atoms with Crippen molar-refractivity contribution >= 4 is 23.2 Å². The number of carboxylic acid groups (broad SMARTS) is 1. The van der Waals surface area contributed by atoms with E-state index in [-0.39, 0.29) is 29.4 Å². The zero-order valence-corrected chi connectivity index (χ0v) is 16.6. The number of nitro groups is 1. The van der Waals surface area contributed by atoms with Crippen molar-refractivity contribution in [1.82, 2.24) is 24.3 Å². The standard InChI is InChI=1S/C19H20FN7O4/c1-25(19(28)29)13-5-3-12(4-6-13)23-18-15(27(30)31)9-22-17(24-18)14-8-21-16-7-2-11(20)10-26(14)16/h2,7-10,12-13H,3-6H2,1H3,(H,28,29)(H,22,23,24)/t12-,13-. The van der Waals surface area contributed by atoms with E-state index in [1.54, 1.807) is 7.05 Å². The fourth-order valence-electron chi connectivity index (χ4n) is 3.82. The van der Waals surface area contributed by atoms with E-state index in [0.717, 1.165) is 6.20 Å². The fourth-order valence-corrected chi connectivity index (χ4v) is 3.82. The van der Waals surface area contributed by atoms with Gasteiger partial charge in [-0.2, -0.15) is 0 Å². The van der Waals surface area contributed by atoms with Crippen molar-refractivity contribution in [3.8, 4) is 11.5 Å². The van der Waals surface area contributed by atoms with E-state index in [4.69, 9.17) is 5.11 Å². The number of amides is 1. The van der Waals surface area contributed by atoms with Gasteiger partial charge < -0.3 is 15.3 Å². The number of hydrogen-bond donors (Lipinski definition) is 2. The van der Waals surface area contributed by atoms with Crippen molar-refractivity contribution in [2.75, 3.05) is 12.4 Å². The van der Waals surface area contributed by atoms with Gasteiger partial charge in [0.25, 0.3) is 0 Å². The van der Waals surface area contributed by atoms with Gasteiger partial charge in [0.15, 0.2) is 5.82 Å². The van der Waals surface area contributed by atoms with Gasteiger partial charge in [-0.05, 0) is 37.8 Å². The van der Waals surface area contributed by atoms with Crippen LogP contribution in [0.2, 0.25) is 0 Å². The fraction of sp³-hybridized carbons (Fsp3) is 0.368. The lowest BCUT2D eigenvalue weighted by Crippen LogP contribution is -2.41. The maximum atomic E-state index is 13.7. The number of anilines is 1. The van der Waals surface area contributed by atoms with Crippen LogP contribution >= 0.6 is 0 Å². The van der Waals surface area contributed by atoms with E-state index in [1.165, 1.54) is 33.8 Å². The Balaban J connectivity index is 1.59. The molecule has 1 saturated carbocycles. The van der Waals surface area contributed by atoms with Gasteiger partial charge in [-0.1, -0.05) is 0 Å². The molecule has 1 amide bonds. The first-order valence-electron chi connectivity index (χ1n) is 9.70. The summed E-state index contributed by atoms with van der Waals surface area (Å²) in [5, 5.41) is 23.7. The minimum absolute atomic E-state index is 0.0661. The molecule has 1 fully saturated rings. The van der Waals surface area contributed by atoms with Crippen LogP contribution in [-0.2, 0) is 0 Å². The molecule has 3 aromatic rings. The third kappa shape index (κ3) is 4.09.